The molecule has 4 N–H and O–H groups in total. The summed E-state index contributed by atoms with van der Waals surface area (Å²) in [4.78, 5) is 11.5. The zero-order valence-corrected chi connectivity index (χ0v) is 12.0. The van der Waals surface area contributed by atoms with Gasteiger partial charge < -0.3 is 10.5 Å². The summed E-state index contributed by atoms with van der Waals surface area (Å²) in [5.41, 5.74) is 5.92. The Morgan fingerprint density at radius 1 is 1.38 bits per heavy atom. The Hall–Kier alpha value is -2.39. The van der Waals surface area contributed by atoms with Crippen molar-refractivity contribution in [2.45, 2.75) is 11.8 Å². The third-order valence-electron chi connectivity index (χ3n) is 2.62. The Morgan fingerprint density at radius 3 is 2.67 bits per heavy atom. The van der Waals surface area contributed by atoms with Crippen LogP contribution in [0.1, 0.15) is 17.4 Å². The molecule has 112 valence electrons. The molecular formula is C12H14N4O4S. The second-order valence-electron chi connectivity index (χ2n) is 4.10. The molecule has 8 nitrogen and oxygen atoms in total. The van der Waals surface area contributed by atoms with Crippen LogP contribution in [0.5, 0.6) is 0 Å². The van der Waals surface area contributed by atoms with Crippen molar-refractivity contribution in [3.63, 3.8) is 0 Å². The maximum absolute atomic E-state index is 11.6. The van der Waals surface area contributed by atoms with Crippen molar-refractivity contribution in [2.75, 3.05) is 12.3 Å². The van der Waals surface area contributed by atoms with E-state index in [4.69, 9.17) is 15.6 Å². The minimum absolute atomic E-state index is 0.0152. The van der Waals surface area contributed by atoms with Gasteiger partial charge in [-0.1, -0.05) is 12.1 Å². The van der Waals surface area contributed by atoms with Crippen molar-refractivity contribution in [3.8, 4) is 5.69 Å². The van der Waals surface area contributed by atoms with Crippen LogP contribution >= 0.6 is 0 Å². The van der Waals surface area contributed by atoms with Crippen LogP contribution < -0.4 is 10.9 Å². The average Bonchev–Trinajstić information content (AvgIpc) is 2.80. The molecule has 0 amide bonds. The predicted molar refractivity (Wildman–Crippen MR) is 75.3 cm³/mol. The summed E-state index contributed by atoms with van der Waals surface area (Å²) < 4.78 is 29.1. The summed E-state index contributed by atoms with van der Waals surface area (Å²) in [6.45, 7) is 1.86. The van der Waals surface area contributed by atoms with Gasteiger partial charge in [-0.25, -0.2) is 23.0 Å². The van der Waals surface area contributed by atoms with E-state index in [2.05, 4.69) is 5.10 Å². The number of primary sulfonamides is 1. The van der Waals surface area contributed by atoms with Gasteiger partial charge in [0.25, 0.3) is 0 Å². The molecule has 1 heterocycles. The van der Waals surface area contributed by atoms with Crippen molar-refractivity contribution in [3.05, 3.63) is 36.0 Å². The molecule has 9 heteroatoms. The summed E-state index contributed by atoms with van der Waals surface area (Å²) >= 11 is 0. The quantitative estimate of drug-likeness (QED) is 0.780. The number of esters is 1. The minimum atomic E-state index is -3.95. The van der Waals surface area contributed by atoms with Crippen molar-refractivity contribution in [2.24, 2.45) is 5.14 Å². The third kappa shape index (κ3) is 3.03. The Bertz CT molecular complexity index is 782. The lowest BCUT2D eigenvalue weighted by atomic mass is 10.3. The largest absolute Gasteiger partial charge is 0.461 e. The van der Waals surface area contributed by atoms with Gasteiger partial charge in [-0.15, -0.1) is 0 Å². The zero-order chi connectivity index (χ0) is 15.6. The highest BCUT2D eigenvalue weighted by molar-refractivity contribution is 7.89. The van der Waals surface area contributed by atoms with Crippen LogP contribution in [0.15, 0.2) is 35.2 Å². The van der Waals surface area contributed by atoms with Gasteiger partial charge in [-0.05, 0) is 19.1 Å². The highest BCUT2D eigenvalue weighted by atomic mass is 32.2. The van der Waals surface area contributed by atoms with E-state index in [0.717, 1.165) is 4.68 Å². The van der Waals surface area contributed by atoms with E-state index < -0.39 is 16.0 Å². The fourth-order valence-corrected chi connectivity index (χ4v) is 2.48. The van der Waals surface area contributed by atoms with Crippen molar-refractivity contribution < 1.29 is 17.9 Å². The number of carbonyl (C=O) groups is 1. The number of ether oxygens (including phenoxy) is 1. The van der Waals surface area contributed by atoms with Crippen LogP contribution in [0, 0.1) is 0 Å². The number of nitrogen functional groups attached to an aromatic ring is 1. The standard InChI is InChI=1S/C12H14N4O4S/c1-2-20-12(17)8-7-11(13)16(15-8)9-5-3-4-6-10(9)21(14,18)19/h3-7H,2,13H2,1H3,(H2,14,18,19). The van der Waals surface area contributed by atoms with Gasteiger partial charge in [-0.3, -0.25) is 0 Å². The number of nitrogens with zero attached hydrogens (tertiary/aromatic N) is 2. The SMILES string of the molecule is CCOC(=O)c1cc(N)n(-c2ccccc2S(N)(=O)=O)n1. The normalized spacial score (nSPS) is 11.3. The number of para-hydroxylation sites is 1. The fourth-order valence-electron chi connectivity index (χ4n) is 1.77. The first kappa shape index (κ1) is 15.0. The van der Waals surface area contributed by atoms with Crippen LogP contribution in [0.2, 0.25) is 0 Å². The molecule has 21 heavy (non-hydrogen) atoms. The number of anilines is 1. The highest BCUT2D eigenvalue weighted by Crippen LogP contribution is 2.21. The molecule has 2 aromatic rings. The van der Waals surface area contributed by atoms with Gasteiger partial charge in [-0.2, -0.15) is 5.10 Å². The van der Waals surface area contributed by atoms with Crippen LogP contribution in [0.3, 0.4) is 0 Å². The molecule has 0 aliphatic rings. The maximum atomic E-state index is 11.6. The number of rotatable bonds is 4. The first-order chi connectivity index (χ1) is 9.84. The molecule has 0 saturated carbocycles. The van der Waals surface area contributed by atoms with Crippen LogP contribution in [-0.4, -0.2) is 30.8 Å². The van der Waals surface area contributed by atoms with E-state index in [9.17, 15) is 13.2 Å². The Labute approximate surface area is 121 Å². The van der Waals surface area contributed by atoms with Gasteiger partial charge in [0.2, 0.25) is 10.0 Å². The Kier molecular flexibility index (Phi) is 3.96. The van der Waals surface area contributed by atoms with Crippen LogP contribution in [0.4, 0.5) is 5.82 Å². The lowest BCUT2D eigenvalue weighted by molar-refractivity contribution is 0.0519. The van der Waals surface area contributed by atoms with Gasteiger partial charge >= 0.3 is 5.97 Å². The summed E-state index contributed by atoms with van der Waals surface area (Å²) in [7, 11) is -3.95. The van der Waals surface area contributed by atoms with E-state index >= 15 is 0 Å². The maximum Gasteiger partial charge on any atom is 0.358 e. The molecule has 0 fully saturated rings. The van der Waals surface area contributed by atoms with E-state index in [1.54, 1.807) is 13.0 Å². The summed E-state index contributed by atoms with van der Waals surface area (Å²) in [5.74, 6) is -0.551. The van der Waals surface area contributed by atoms with Crippen LogP contribution in [0.25, 0.3) is 5.69 Å². The van der Waals surface area contributed by atoms with E-state index in [1.807, 2.05) is 0 Å². The number of benzene rings is 1. The minimum Gasteiger partial charge on any atom is -0.461 e. The topological polar surface area (TPSA) is 130 Å². The number of aromatic nitrogens is 2. The molecule has 1 aromatic heterocycles. The number of hydrogen-bond donors (Lipinski definition) is 2. The van der Waals surface area contributed by atoms with Gasteiger partial charge in [0.05, 0.1) is 12.3 Å². The lowest BCUT2D eigenvalue weighted by Crippen LogP contribution is -2.16. The van der Waals surface area contributed by atoms with Gasteiger partial charge in [0, 0.05) is 6.07 Å². The molecule has 2 rings (SSSR count). The first-order valence-corrected chi connectivity index (χ1v) is 7.54. The molecule has 0 radical (unpaired) electrons. The van der Waals surface area contributed by atoms with Gasteiger partial charge in [0.1, 0.15) is 10.7 Å². The van der Waals surface area contributed by atoms with Crippen molar-refractivity contribution in [1.29, 1.82) is 0 Å². The van der Waals surface area contributed by atoms with Crippen molar-refractivity contribution in [1.82, 2.24) is 9.78 Å². The van der Waals surface area contributed by atoms with Gasteiger partial charge in [0.15, 0.2) is 5.69 Å². The Balaban J connectivity index is 2.56. The molecule has 0 saturated heterocycles. The molecule has 1 aromatic carbocycles. The molecule has 0 aliphatic carbocycles. The monoisotopic (exact) mass is 310 g/mol. The second kappa shape index (κ2) is 5.54. The van der Waals surface area contributed by atoms with Crippen LogP contribution in [-0.2, 0) is 14.8 Å². The fraction of sp³-hybridized carbons (Fsp3) is 0.167. The molecule has 0 unspecified atom stereocenters. The number of nitrogens with two attached hydrogens (primary N) is 2. The smallest absolute Gasteiger partial charge is 0.358 e. The van der Waals surface area contributed by atoms with Crippen molar-refractivity contribution >= 4 is 21.8 Å². The molecule has 0 aliphatic heterocycles. The molecule has 0 atom stereocenters. The molecule has 0 spiro atoms. The number of hydrogen-bond acceptors (Lipinski definition) is 6. The zero-order valence-electron chi connectivity index (χ0n) is 11.2. The number of sulfonamides is 1. The second-order valence-corrected chi connectivity index (χ2v) is 5.63. The summed E-state index contributed by atoms with van der Waals surface area (Å²) in [6, 6.07) is 7.25. The van der Waals surface area contributed by atoms with E-state index in [-0.39, 0.29) is 28.7 Å². The van der Waals surface area contributed by atoms with E-state index in [1.165, 1.54) is 24.3 Å². The number of carbonyl (C=O) groups excluding carboxylic acids is 1. The summed E-state index contributed by atoms with van der Waals surface area (Å²) in [6.07, 6.45) is 0. The highest BCUT2D eigenvalue weighted by Gasteiger charge is 2.20. The molecular weight excluding hydrogens is 296 g/mol. The van der Waals surface area contributed by atoms with E-state index in [0.29, 0.717) is 0 Å². The predicted octanol–water partition coefficient (Wildman–Crippen LogP) is 0.279. The molecule has 0 bridgehead atoms. The third-order valence-corrected chi connectivity index (χ3v) is 3.58. The first-order valence-electron chi connectivity index (χ1n) is 5.99. The average molecular weight is 310 g/mol. The Morgan fingerprint density at radius 2 is 2.05 bits per heavy atom. The summed E-state index contributed by atoms with van der Waals surface area (Å²) in [5, 5.41) is 9.13. The lowest BCUT2D eigenvalue weighted by Gasteiger charge is -2.08.